The van der Waals surface area contributed by atoms with Gasteiger partial charge in [0, 0.05) is 17.4 Å². The molecule has 0 radical (unpaired) electrons. The van der Waals surface area contributed by atoms with Gasteiger partial charge in [-0.1, -0.05) is 0 Å². The summed E-state index contributed by atoms with van der Waals surface area (Å²) in [5, 5.41) is 0.944. The van der Waals surface area contributed by atoms with Gasteiger partial charge in [-0.2, -0.15) is 0 Å². The van der Waals surface area contributed by atoms with Crippen molar-refractivity contribution < 1.29 is 9.53 Å². The van der Waals surface area contributed by atoms with Crippen molar-refractivity contribution in [3.05, 3.63) is 15.6 Å². The molecule has 1 aromatic heterocycles. The SMILES string of the molecule is Cc1nc(CC(=O)C2CCOC2C)sc1C. The number of ketones is 1. The van der Waals surface area contributed by atoms with E-state index in [1.807, 2.05) is 20.8 Å². The number of carbonyl (C=O) groups excluding carboxylic acids is 1. The lowest BCUT2D eigenvalue weighted by atomic mass is 9.96. The second kappa shape index (κ2) is 4.63. The predicted octanol–water partition coefficient (Wildman–Crippen LogP) is 2.30. The van der Waals surface area contributed by atoms with Crippen LogP contribution >= 0.6 is 11.3 Å². The molecule has 1 fully saturated rings. The van der Waals surface area contributed by atoms with E-state index in [0.29, 0.717) is 13.0 Å². The van der Waals surface area contributed by atoms with Crippen molar-refractivity contribution in [2.45, 2.75) is 39.7 Å². The highest BCUT2D eigenvalue weighted by Crippen LogP contribution is 2.24. The maximum atomic E-state index is 12.0. The van der Waals surface area contributed by atoms with Crippen molar-refractivity contribution in [2.75, 3.05) is 6.61 Å². The zero-order valence-corrected chi connectivity index (χ0v) is 10.8. The van der Waals surface area contributed by atoms with Crippen LogP contribution in [0.15, 0.2) is 0 Å². The number of hydrogen-bond acceptors (Lipinski definition) is 4. The molecule has 3 nitrogen and oxygen atoms in total. The van der Waals surface area contributed by atoms with Gasteiger partial charge in [0.25, 0.3) is 0 Å². The van der Waals surface area contributed by atoms with Gasteiger partial charge in [-0.05, 0) is 27.2 Å². The Morgan fingerprint density at radius 3 is 2.81 bits per heavy atom. The van der Waals surface area contributed by atoms with Crippen molar-refractivity contribution in [3.8, 4) is 0 Å². The van der Waals surface area contributed by atoms with Gasteiger partial charge < -0.3 is 4.74 Å². The highest BCUT2D eigenvalue weighted by molar-refractivity contribution is 7.11. The van der Waals surface area contributed by atoms with Gasteiger partial charge in [-0.25, -0.2) is 4.98 Å². The standard InChI is InChI=1S/C12H17NO2S/c1-7-9(3)16-12(13-7)6-11(14)10-4-5-15-8(10)2/h8,10H,4-6H2,1-3H3. The van der Waals surface area contributed by atoms with E-state index >= 15 is 0 Å². The van der Waals surface area contributed by atoms with Crippen molar-refractivity contribution in [1.82, 2.24) is 4.98 Å². The summed E-state index contributed by atoms with van der Waals surface area (Å²) in [6.45, 7) is 6.73. The van der Waals surface area contributed by atoms with E-state index in [9.17, 15) is 4.79 Å². The molecule has 16 heavy (non-hydrogen) atoms. The van der Waals surface area contributed by atoms with Crippen LogP contribution in [0.25, 0.3) is 0 Å². The Morgan fingerprint density at radius 2 is 2.31 bits per heavy atom. The molecule has 2 unspecified atom stereocenters. The van der Waals surface area contributed by atoms with Gasteiger partial charge in [0.2, 0.25) is 0 Å². The first kappa shape index (κ1) is 11.7. The Kier molecular flexibility index (Phi) is 3.40. The third kappa shape index (κ3) is 2.33. The molecule has 1 aliphatic heterocycles. The van der Waals surface area contributed by atoms with Gasteiger partial charge in [-0.3, -0.25) is 4.79 Å². The van der Waals surface area contributed by atoms with Gasteiger partial charge in [0.15, 0.2) is 0 Å². The molecule has 2 rings (SSSR count). The first-order valence-corrected chi connectivity index (χ1v) is 6.47. The fraction of sp³-hybridized carbons (Fsp3) is 0.667. The molecule has 1 aromatic rings. The molecule has 1 aliphatic rings. The molecule has 0 saturated carbocycles. The summed E-state index contributed by atoms with van der Waals surface area (Å²) in [6.07, 6.45) is 1.41. The third-order valence-electron chi connectivity index (χ3n) is 3.19. The average Bonchev–Trinajstić information content (AvgIpc) is 2.74. The number of aryl methyl sites for hydroxylation is 2. The Hall–Kier alpha value is -0.740. The van der Waals surface area contributed by atoms with Crippen LogP contribution in [0.5, 0.6) is 0 Å². The zero-order valence-electron chi connectivity index (χ0n) is 9.95. The zero-order chi connectivity index (χ0) is 11.7. The van der Waals surface area contributed by atoms with Gasteiger partial charge >= 0.3 is 0 Å². The van der Waals surface area contributed by atoms with Gasteiger partial charge in [0.05, 0.1) is 18.2 Å². The van der Waals surface area contributed by atoms with Gasteiger partial charge in [-0.15, -0.1) is 11.3 Å². The van der Waals surface area contributed by atoms with E-state index in [0.717, 1.165) is 17.1 Å². The van der Waals surface area contributed by atoms with Crippen LogP contribution in [0.1, 0.15) is 28.9 Å². The maximum Gasteiger partial charge on any atom is 0.145 e. The van der Waals surface area contributed by atoms with Crippen LogP contribution in [0.4, 0.5) is 0 Å². The fourth-order valence-corrected chi connectivity index (χ4v) is 2.99. The fourth-order valence-electron chi connectivity index (χ4n) is 2.05. The second-order valence-electron chi connectivity index (χ2n) is 4.36. The number of ether oxygens (including phenoxy) is 1. The number of aromatic nitrogens is 1. The summed E-state index contributed by atoms with van der Waals surface area (Å²) in [5.74, 6) is 0.350. The summed E-state index contributed by atoms with van der Waals surface area (Å²) in [4.78, 5) is 17.6. The van der Waals surface area contributed by atoms with Crippen LogP contribution < -0.4 is 0 Å². The molecule has 0 amide bonds. The normalized spacial score (nSPS) is 24.9. The second-order valence-corrected chi connectivity index (χ2v) is 5.65. The molecular weight excluding hydrogens is 222 g/mol. The predicted molar refractivity (Wildman–Crippen MR) is 63.8 cm³/mol. The summed E-state index contributed by atoms with van der Waals surface area (Å²) in [7, 11) is 0. The quantitative estimate of drug-likeness (QED) is 0.812. The molecule has 0 aliphatic carbocycles. The van der Waals surface area contributed by atoms with Crippen LogP contribution in [0.2, 0.25) is 0 Å². The van der Waals surface area contributed by atoms with Crippen molar-refractivity contribution >= 4 is 17.1 Å². The van der Waals surface area contributed by atoms with E-state index in [1.54, 1.807) is 11.3 Å². The summed E-state index contributed by atoms with van der Waals surface area (Å²) >= 11 is 1.63. The molecular formula is C12H17NO2S. The van der Waals surface area contributed by atoms with E-state index < -0.39 is 0 Å². The minimum atomic E-state index is 0.0736. The first-order chi connectivity index (χ1) is 7.58. The monoisotopic (exact) mass is 239 g/mol. The molecule has 0 aromatic carbocycles. The molecule has 2 atom stereocenters. The number of rotatable bonds is 3. The maximum absolute atomic E-state index is 12.0. The highest BCUT2D eigenvalue weighted by Gasteiger charge is 2.30. The average molecular weight is 239 g/mol. The Balaban J connectivity index is 2.01. The van der Waals surface area contributed by atoms with Crippen LogP contribution in [0, 0.1) is 19.8 Å². The third-order valence-corrected chi connectivity index (χ3v) is 4.26. The topological polar surface area (TPSA) is 39.2 Å². The highest BCUT2D eigenvalue weighted by atomic mass is 32.1. The first-order valence-electron chi connectivity index (χ1n) is 5.65. The Bertz CT molecular complexity index is 380. The van der Waals surface area contributed by atoms with Crippen LogP contribution in [0.3, 0.4) is 0 Å². The number of nitrogens with zero attached hydrogens (tertiary/aromatic N) is 1. The molecule has 0 N–H and O–H groups in total. The van der Waals surface area contributed by atoms with Gasteiger partial charge in [0.1, 0.15) is 10.8 Å². The molecule has 0 spiro atoms. The van der Waals surface area contributed by atoms with E-state index in [-0.39, 0.29) is 17.8 Å². The molecule has 0 bridgehead atoms. The van der Waals surface area contributed by atoms with Crippen molar-refractivity contribution in [2.24, 2.45) is 5.92 Å². The summed E-state index contributed by atoms with van der Waals surface area (Å²) in [6, 6.07) is 0. The van der Waals surface area contributed by atoms with Crippen molar-refractivity contribution in [3.63, 3.8) is 0 Å². The van der Waals surface area contributed by atoms with E-state index in [2.05, 4.69) is 4.98 Å². The van der Waals surface area contributed by atoms with E-state index in [4.69, 9.17) is 4.74 Å². The lowest BCUT2D eigenvalue weighted by Gasteiger charge is -2.11. The minimum absolute atomic E-state index is 0.0736. The number of hydrogen-bond donors (Lipinski definition) is 0. The molecule has 2 heterocycles. The number of carbonyl (C=O) groups is 1. The lowest BCUT2D eigenvalue weighted by molar-refractivity contribution is -0.123. The lowest BCUT2D eigenvalue weighted by Crippen LogP contribution is -2.23. The number of Topliss-reactive ketones (excluding diaryl/α,β-unsaturated/α-hetero) is 1. The molecule has 1 saturated heterocycles. The van der Waals surface area contributed by atoms with Crippen LogP contribution in [-0.4, -0.2) is 23.5 Å². The van der Waals surface area contributed by atoms with Crippen LogP contribution in [-0.2, 0) is 16.0 Å². The van der Waals surface area contributed by atoms with Crippen molar-refractivity contribution in [1.29, 1.82) is 0 Å². The minimum Gasteiger partial charge on any atom is -0.378 e. The van der Waals surface area contributed by atoms with E-state index in [1.165, 1.54) is 4.88 Å². The summed E-state index contributed by atoms with van der Waals surface area (Å²) < 4.78 is 5.42. The summed E-state index contributed by atoms with van der Waals surface area (Å²) in [5.41, 5.74) is 1.04. The smallest absolute Gasteiger partial charge is 0.145 e. The number of thiazole rings is 1. The largest absolute Gasteiger partial charge is 0.378 e. The Labute approximate surface area is 99.8 Å². The molecule has 88 valence electrons. The molecule has 4 heteroatoms. The Morgan fingerprint density at radius 1 is 1.56 bits per heavy atom.